The minimum Gasteiger partial charge on any atom is -0.309 e. The summed E-state index contributed by atoms with van der Waals surface area (Å²) >= 11 is 0. The average molecular weight is 963 g/mol. The van der Waals surface area contributed by atoms with Gasteiger partial charge in [-0.05, 0) is 133 Å². The van der Waals surface area contributed by atoms with Crippen LogP contribution < -0.4 is 0 Å². The van der Waals surface area contributed by atoms with E-state index in [0.717, 1.165) is 116 Å². The van der Waals surface area contributed by atoms with Crippen molar-refractivity contribution in [2.45, 2.75) is 33.9 Å². The van der Waals surface area contributed by atoms with Crippen molar-refractivity contribution in [3.63, 3.8) is 0 Å². The predicted octanol–water partition coefficient (Wildman–Crippen LogP) is 18.9. The van der Waals surface area contributed by atoms with Crippen LogP contribution in [0.2, 0.25) is 0 Å². The lowest BCUT2D eigenvalue weighted by atomic mass is 9.92. The minimum absolute atomic E-state index is 0.163. The van der Waals surface area contributed by atoms with E-state index in [4.69, 9.17) is 6.57 Å². The first-order valence-electron chi connectivity index (χ1n) is 24.5. The number of alkyl halides is 3. The Labute approximate surface area is 426 Å². The first-order valence-corrected chi connectivity index (χ1v) is 24.5. The fraction of sp³-hybridized carbons (Fsp3) is 0.0746. The molecular formula is C67H45F3N4. The van der Waals surface area contributed by atoms with Gasteiger partial charge in [0.1, 0.15) is 0 Å². The molecule has 0 bridgehead atoms. The van der Waals surface area contributed by atoms with E-state index >= 15 is 13.2 Å². The molecule has 0 fully saturated rings. The van der Waals surface area contributed by atoms with Crippen LogP contribution in [0.4, 0.5) is 18.9 Å². The molecule has 0 saturated heterocycles. The Morgan fingerprint density at radius 3 is 1.00 bits per heavy atom. The third-order valence-electron chi connectivity index (χ3n) is 14.5. The molecule has 10 aromatic carbocycles. The van der Waals surface area contributed by atoms with Gasteiger partial charge in [0, 0.05) is 32.7 Å². The SMILES string of the molecule is [C-]#[N+]c1cccc(C(F)(F)F)c1-c1c(-n2c3ccc(-c4ccc(C)cc4)cc3c3cc(-c4ccc(C)cc4)ccc32)cc(C#N)cc1-n1c2ccc(-c3ccc(C)cc3)cc2c2cc(-c3ccc(C)cc3)ccc21. The maximum absolute atomic E-state index is 15.9. The highest BCUT2D eigenvalue weighted by atomic mass is 19.4. The summed E-state index contributed by atoms with van der Waals surface area (Å²) in [5, 5.41) is 14.6. The van der Waals surface area contributed by atoms with Gasteiger partial charge in [0.25, 0.3) is 0 Å². The van der Waals surface area contributed by atoms with Crippen LogP contribution >= 0.6 is 0 Å². The second-order valence-electron chi connectivity index (χ2n) is 19.4. The molecule has 0 N–H and O–H groups in total. The Morgan fingerprint density at radius 2 is 0.716 bits per heavy atom. The molecule has 4 nitrogen and oxygen atoms in total. The molecule has 0 aliphatic carbocycles. The zero-order valence-corrected chi connectivity index (χ0v) is 41.0. The molecule has 2 aromatic heterocycles. The van der Waals surface area contributed by atoms with Gasteiger partial charge in [-0.25, -0.2) is 4.85 Å². The second-order valence-corrected chi connectivity index (χ2v) is 19.4. The second kappa shape index (κ2) is 17.7. The van der Waals surface area contributed by atoms with Gasteiger partial charge in [-0.3, -0.25) is 0 Å². The normalized spacial score (nSPS) is 11.7. The summed E-state index contributed by atoms with van der Waals surface area (Å²) in [6, 6.07) is 67.7. The van der Waals surface area contributed by atoms with E-state index in [9.17, 15) is 5.26 Å². The zero-order valence-electron chi connectivity index (χ0n) is 41.0. The smallest absolute Gasteiger partial charge is 0.309 e. The summed E-state index contributed by atoms with van der Waals surface area (Å²) in [6.07, 6.45) is -4.86. The van der Waals surface area contributed by atoms with Crippen LogP contribution in [0.15, 0.2) is 200 Å². The van der Waals surface area contributed by atoms with Crippen molar-refractivity contribution in [1.82, 2.24) is 9.13 Å². The van der Waals surface area contributed by atoms with Crippen molar-refractivity contribution in [1.29, 1.82) is 5.26 Å². The van der Waals surface area contributed by atoms with E-state index in [1.807, 2.05) is 57.7 Å². The lowest BCUT2D eigenvalue weighted by molar-refractivity contribution is -0.137. The molecular weight excluding hydrogens is 918 g/mol. The molecule has 12 rings (SSSR count). The maximum Gasteiger partial charge on any atom is 0.415 e. The number of fused-ring (bicyclic) bond motifs is 6. The fourth-order valence-electron chi connectivity index (χ4n) is 10.7. The van der Waals surface area contributed by atoms with Gasteiger partial charge in [-0.2, -0.15) is 18.4 Å². The highest BCUT2D eigenvalue weighted by Crippen LogP contribution is 2.50. The number of nitrogens with zero attached hydrogens (tertiary/aromatic N) is 4. The molecule has 0 aliphatic heterocycles. The highest BCUT2D eigenvalue weighted by molar-refractivity contribution is 6.15. The molecule has 12 aromatic rings. The number of aromatic nitrogens is 2. The first kappa shape index (κ1) is 45.7. The van der Waals surface area contributed by atoms with Gasteiger partial charge in [0.2, 0.25) is 0 Å². The van der Waals surface area contributed by atoms with E-state index in [0.29, 0.717) is 11.4 Å². The summed E-state index contributed by atoms with van der Waals surface area (Å²) in [6.45, 7) is 16.7. The standard InChI is InChI=1S/C67H45F3N4/c1-40-9-17-45(18-10-40)49-25-29-59-53(35-49)54-36-50(46-19-11-41(2)12-20-46)26-30-60(54)73(59)63-33-44(39-71)34-64(66(63)65-57(67(68,69)70)7-6-8-58(65)72-5)74-61-31-27-51(47-21-13-42(3)14-22-47)37-55(61)56-38-52(28-32-62(56)74)48-23-15-43(4)16-24-48/h6-38H,1-4H3. The van der Waals surface area contributed by atoms with Crippen molar-refractivity contribution < 1.29 is 13.2 Å². The van der Waals surface area contributed by atoms with Crippen LogP contribution in [0.5, 0.6) is 0 Å². The fourth-order valence-corrected chi connectivity index (χ4v) is 10.7. The summed E-state index contributed by atoms with van der Waals surface area (Å²) in [5.74, 6) is 0. The van der Waals surface area contributed by atoms with Crippen LogP contribution in [0.1, 0.15) is 33.4 Å². The molecule has 0 unspecified atom stereocenters. The molecule has 7 heteroatoms. The van der Waals surface area contributed by atoms with Gasteiger partial charge < -0.3 is 9.13 Å². The molecule has 0 atom stereocenters. The van der Waals surface area contributed by atoms with Gasteiger partial charge in [-0.1, -0.05) is 162 Å². The van der Waals surface area contributed by atoms with E-state index < -0.39 is 11.7 Å². The van der Waals surface area contributed by atoms with Crippen LogP contribution in [-0.2, 0) is 6.18 Å². The van der Waals surface area contributed by atoms with Crippen molar-refractivity contribution in [2.75, 3.05) is 0 Å². The van der Waals surface area contributed by atoms with E-state index in [2.05, 4.69) is 160 Å². The molecule has 0 spiro atoms. The Bertz CT molecular complexity index is 3870. The first-order chi connectivity index (χ1) is 35.8. The predicted molar refractivity (Wildman–Crippen MR) is 297 cm³/mol. The quantitative estimate of drug-likeness (QED) is 0.147. The number of rotatable bonds is 7. The number of aryl methyl sites for hydroxylation is 4. The van der Waals surface area contributed by atoms with Gasteiger partial charge in [-0.15, -0.1) is 0 Å². The molecule has 354 valence electrons. The third kappa shape index (κ3) is 7.78. The Morgan fingerprint density at radius 1 is 0.405 bits per heavy atom. The highest BCUT2D eigenvalue weighted by Gasteiger charge is 2.37. The molecule has 0 amide bonds. The Hall–Kier alpha value is -9.43. The van der Waals surface area contributed by atoms with E-state index in [1.165, 1.54) is 12.1 Å². The minimum atomic E-state index is -4.86. The number of benzene rings is 10. The van der Waals surface area contributed by atoms with Gasteiger partial charge >= 0.3 is 6.18 Å². The molecule has 74 heavy (non-hydrogen) atoms. The number of hydrogen-bond donors (Lipinski definition) is 0. The Kier molecular flexibility index (Phi) is 10.9. The average Bonchev–Trinajstić information content (AvgIpc) is 3.93. The van der Waals surface area contributed by atoms with E-state index in [-0.39, 0.29) is 22.4 Å². The lowest BCUT2D eigenvalue weighted by Gasteiger charge is -2.24. The monoisotopic (exact) mass is 962 g/mol. The summed E-state index contributed by atoms with van der Waals surface area (Å²) in [4.78, 5) is 3.83. The lowest BCUT2D eigenvalue weighted by Crippen LogP contribution is -2.11. The van der Waals surface area contributed by atoms with Crippen molar-refractivity contribution in [2.24, 2.45) is 0 Å². The number of halogens is 3. The molecule has 2 heterocycles. The van der Waals surface area contributed by atoms with Crippen molar-refractivity contribution in [3.8, 4) is 73.1 Å². The molecule has 0 aliphatic rings. The van der Waals surface area contributed by atoms with Gasteiger partial charge in [0.05, 0.1) is 57.2 Å². The number of hydrogen-bond acceptors (Lipinski definition) is 1. The van der Waals surface area contributed by atoms with Crippen LogP contribution in [0, 0.1) is 45.6 Å². The van der Waals surface area contributed by atoms with Crippen LogP contribution in [0.25, 0.3) is 115 Å². The van der Waals surface area contributed by atoms with Crippen molar-refractivity contribution >= 4 is 49.3 Å². The third-order valence-corrected chi connectivity index (χ3v) is 14.5. The van der Waals surface area contributed by atoms with Gasteiger partial charge in [0.15, 0.2) is 5.69 Å². The number of nitriles is 1. The maximum atomic E-state index is 15.9. The van der Waals surface area contributed by atoms with E-state index in [1.54, 1.807) is 12.1 Å². The van der Waals surface area contributed by atoms with Crippen molar-refractivity contribution in [3.05, 3.63) is 245 Å². The zero-order chi connectivity index (χ0) is 51.0. The molecule has 0 radical (unpaired) electrons. The Balaban J connectivity index is 1.24. The van der Waals surface area contributed by atoms with Crippen LogP contribution in [0.3, 0.4) is 0 Å². The topological polar surface area (TPSA) is 38.0 Å². The summed E-state index contributed by atoms with van der Waals surface area (Å²) in [5.41, 5.74) is 15.1. The molecule has 0 saturated carbocycles. The largest absolute Gasteiger partial charge is 0.415 e. The van der Waals surface area contributed by atoms with Crippen LogP contribution in [-0.4, -0.2) is 9.13 Å². The summed E-state index contributed by atoms with van der Waals surface area (Å²) < 4.78 is 51.7. The summed E-state index contributed by atoms with van der Waals surface area (Å²) in [7, 11) is 0.